The molecule has 1 aromatic rings. The van der Waals surface area contributed by atoms with Gasteiger partial charge in [-0.05, 0) is 50.2 Å². The molecule has 2 fully saturated rings. The fourth-order valence-electron chi connectivity index (χ4n) is 6.67. The van der Waals surface area contributed by atoms with Crippen molar-refractivity contribution in [2.24, 2.45) is 5.41 Å². The quantitative estimate of drug-likeness (QED) is 0.585. The van der Waals surface area contributed by atoms with Crippen LogP contribution in [-0.4, -0.2) is 82.4 Å². The van der Waals surface area contributed by atoms with E-state index in [1.165, 1.54) is 21.7 Å². The Hall–Kier alpha value is -3.13. The maximum atomic E-state index is 14.2. The van der Waals surface area contributed by atoms with Gasteiger partial charge in [-0.2, -0.15) is 18.4 Å². The number of benzene rings is 1. The number of alkyl halides is 3. The molecule has 11 heteroatoms. The zero-order valence-corrected chi connectivity index (χ0v) is 23.9. The van der Waals surface area contributed by atoms with Gasteiger partial charge in [0.05, 0.1) is 17.5 Å². The van der Waals surface area contributed by atoms with E-state index in [9.17, 15) is 32.8 Å². The Morgan fingerprint density at radius 1 is 1.20 bits per heavy atom. The number of para-hydroxylation sites is 1. The van der Waals surface area contributed by atoms with E-state index in [-0.39, 0.29) is 38.1 Å². The van der Waals surface area contributed by atoms with Crippen molar-refractivity contribution in [1.82, 2.24) is 14.7 Å². The van der Waals surface area contributed by atoms with Gasteiger partial charge in [-0.15, -0.1) is 0 Å². The standard InChI is InChI=1S/C29H38F3N5O3/c1-17(2)37-21(11-12-23(37)29(30,31)32)24(38)35(6)22(14-27(3,4)5)25(39)36-16-28(13-18(36)15-33)19-9-7-8-10-20(19)34-26(28)40/h7-10,17-18,21-23H,11-14,16H2,1-6H3,(H,34,40)/t18-,21-,22-,23-,28-/m0/s1. The molecule has 0 radical (unpaired) electrons. The van der Waals surface area contributed by atoms with Crippen molar-refractivity contribution < 1.29 is 27.6 Å². The summed E-state index contributed by atoms with van der Waals surface area (Å²) in [6.07, 6.45) is -4.28. The lowest BCUT2D eigenvalue weighted by molar-refractivity contribution is -0.185. The van der Waals surface area contributed by atoms with Gasteiger partial charge in [-0.3, -0.25) is 19.3 Å². The molecule has 0 unspecified atom stereocenters. The third-order valence-electron chi connectivity index (χ3n) is 8.51. The largest absolute Gasteiger partial charge is 0.404 e. The zero-order valence-electron chi connectivity index (χ0n) is 23.9. The normalized spacial score (nSPS) is 27.6. The van der Waals surface area contributed by atoms with Crippen LogP contribution in [-0.2, 0) is 19.8 Å². The number of nitrogens with one attached hydrogen (secondary N) is 1. The lowest BCUT2D eigenvalue weighted by Crippen LogP contribution is -2.58. The summed E-state index contributed by atoms with van der Waals surface area (Å²) in [5.41, 5.74) is -0.134. The first-order valence-electron chi connectivity index (χ1n) is 13.7. The number of nitriles is 1. The van der Waals surface area contributed by atoms with Gasteiger partial charge in [0.25, 0.3) is 0 Å². The van der Waals surface area contributed by atoms with Crippen molar-refractivity contribution in [3.05, 3.63) is 29.8 Å². The fourth-order valence-corrected chi connectivity index (χ4v) is 6.67. The van der Waals surface area contributed by atoms with E-state index in [0.29, 0.717) is 5.69 Å². The highest BCUT2D eigenvalue weighted by Gasteiger charge is 2.57. The van der Waals surface area contributed by atoms with Gasteiger partial charge in [0, 0.05) is 31.7 Å². The molecule has 218 valence electrons. The Morgan fingerprint density at radius 2 is 1.85 bits per heavy atom. The number of anilines is 1. The molecular weight excluding hydrogens is 523 g/mol. The summed E-state index contributed by atoms with van der Waals surface area (Å²) in [6, 6.07) is 4.17. The van der Waals surface area contributed by atoms with E-state index in [1.54, 1.807) is 32.0 Å². The van der Waals surface area contributed by atoms with Gasteiger partial charge in [0.2, 0.25) is 17.7 Å². The molecule has 5 atom stereocenters. The minimum atomic E-state index is -4.47. The molecule has 0 aromatic heterocycles. The molecule has 0 bridgehead atoms. The molecule has 8 nitrogen and oxygen atoms in total. The number of rotatable bonds is 5. The summed E-state index contributed by atoms with van der Waals surface area (Å²) in [7, 11) is 1.46. The first-order chi connectivity index (χ1) is 18.5. The third kappa shape index (κ3) is 5.18. The Morgan fingerprint density at radius 3 is 2.42 bits per heavy atom. The molecule has 1 aromatic carbocycles. The van der Waals surface area contributed by atoms with E-state index in [4.69, 9.17) is 0 Å². The van der Waals surface area contributed by atoms with Gasteiger partial charge in [0.15, 0.2) is 0 Å². The number of fused-ring (bicyclic) bond motifs is 2. The SMILES string of the molecule is CC(C)N1[C@H](C(F)(F)F)CC[C@H]1C(=O)N(C)[C@@H](CC(C)(C)C)C(=O)N1C[C@]2(C[C@H]1C#N)C(=O)Nc1ccccc12. The van der Waals surface area contributed by atoms with Crippen LogP contribution in [0.1, 0.15) is 65.9 Å². The average Bonchev–Trinajstić information content (AvgIpc) is 3.55. The topological polar surface area (TPSA) is 96.8 Å². The number of carbonyl (C=O) groups excluding carboxylic acids is 3. The summed E-state index contributed by atoms with van der Waals surface area (Å²) in [4.78, 5) is 45.1. The second-order valence-corrected chi connectivity index (χ2v) is 12.8. The van der Waals surface area contributed by atoms with E-state index in [2.05, 4.69) is 11.4 Å². The first kappa shape index (κ1) is 29.8. The second-order valence-electron chi connectivity index (χ2n) is 12.8. The predicted molar refractivity (Wildman–Crippen MR) is 143 cm³/mol. The number of hydrogen-bond acceptors (Lipinski definition) is 5. The van der Waals surface area contributed by atoms with Crippen molar-refractivity contribution in [2.75, 3.05) is 18.9 Å². The van der Waals surface area contributed by atoms with Gasteiger partial charge in [0.1, 0.15) is 18.1 Å². The highest BCUT2D eigenvalue weighted by molar-refractivity contribution is 6.07. The molecule has 1 N–H and O–H groups in total. The van der Waals surface area contributed by atoms with Crippen molar-refractivity contribution in [3.63, 3.8) is 0 Å². The molecule has 3 aliphatic rings. The summed E-state index contributed by atoms with van der Waals surface area (Å²) in [5.74, 6) is -1.31. The summed E-state index contributed by atoms with van der Waals surface area (Å²) >= 11 is 0. The van der Waals surface area contributed by atoms with Crippen molar-refractivity contribution in [1.29, 1.82) is 5.26 Å². The molecule has 3 amide bonds. The average molecular weight is 562 g/mol. The van der Waals surface area contributed by atoms with Crippen LogP contribution in [0.25, 0.3) is 0 Å². The van der Waals surface area contributed by atoms with Crippen LogP contribution in [0.3, 0.4) is 0 Å². The Balaban J connectivity index is 1.65. The molecular formula is C29H38F3N5O3. The molecule has 1 spiro atoms. The number of halogens is 3. The molecule has 2 saturated heterocycles. The van der Waals surface area contributed by atoms with Gasteiger partial charge >= 0.3 is 6.18 Å². The van der Waals surface area contributed by atoms with E-state index < -0.39 is 59.0 Å². The minimum Gasteiger partial charge on any atom is -0.332 e. The predicted octanol–water partition coefficient (Wildman–Crippen LogP) is 4.07. The van der Waals surface area contributed by atoms with Gasteiger partial charge in [-0.1, -0.05) is 39.0 Å². The molecule has 40 heavy (non-hydrogen) atoms. The number of carbonyl (C=O) groups is 3. The molecule has 0 saturated carbocycles. The zero-order chi connectivity index (χ0) is 29.8. The van der Waals surface area contributed by atoms with Crippen LogP contribution in [0.4, 0.5) is 18.9 Å². The van der Waals surface area contributed by atoms with Crippen molar-refractivity contribution in [3.8, 4) is 6.07 Å². The maximum absolute atomic E-state index is 14.2. The first-order valence-corrected chi connectivity index (χ1v) is 13.7. The van der Waals surface area contributed by atoms with E-state index in [0.717, 1.165) is 5.56 Å². The minimum absolute atomic E-state index is 0.0206. The third-order valence-corrected chi connectivity index (χ3v) is 8.51. The second kappa shape index (κ2) is 10.4. The summed E-state index contributed by atoms with van der Waals surface area (Å²) in [5, 5.41) is 12.9. The summed E-state index contributed by atoms with van der Waals surface area (Å²) < 4.78 is 41.4. The monoisotopic (exact) mass is 561 g/mol. The van der Waals surface area contributed by atoms with Crippen LogP contribution >= 0.6 is 0 Å². The van der Waals surface area contributed by atoms with E-state index in [1.807, 2.05) is 26.8 Å². The number of likely N-dealkylation sites (N-methyl/N-ethyl adjacent to an activating group) is 1. The van der Waals surface area contributed by atoms with E-state index >= 15 is 0 Å². The molecule has 0 aliphatic carbocycles. The number of nitrogens with zero attached hydrogens (tertiary/aromatic N) is 4. The Labute approximate surface area is 233 Å². The van der Waals surface area contributed by atoms with Crippen LogP contribution in [0.5, 0.6) is 0 Å². The number of hydrogen-bond donors (Lipinski definition) is 1. The lowest BCUT2D eigenvalue weighted by Gasteiger charge is -2.39. The van der Waals surface area contributed by atoms with Gasteiger partial charge in [-0.25, -0.2) is 0 Å². The van der Waals surface area contributed by atoms with Crippen molar-refractivity contribution >= 4 is 23.4 Å². The van der Waals surface area contributed by atoms with Gasteiger partial charge < -0.3 is 15.1 Å². The van der Waals surface area contributed by atoms with Crippen LogP contribution in [0.2, 0.25) is 0 Å². The maximum Gasteiger partial charge on any atom is 0.404 e. The number of amides is 3. The Bertz CT molecular complexity index is 1220. The molecule has 3 aliphatic heterocycles. The van der Waals surface area contributed by atoms with Crippen LogP contribution in [0, 0.1) is 16.7 Å². The number of likely N-dealkylation sites (tertiary alicyclic amines) is 2. The Kier molecular flexibility index (Phi) is 7.73. The van der Waals surface area contributed by atoms with Crippen LogP contribution in [0.15, 0.2) is 24.3 Å². The van der Waals surface area contributed by atoms with Crippen LogP contribution < -0.4 is 5.32 Å². The summed E-state index contributed by atoms with van der Waals surface area (Å²) in [6.45, 7) is 8.98. The molecule has 4 rings (SSSR count). The highest BCUT2D eigenvalue weighted by atomic mass is 19.4. The van der Waals surface area contributed by atoms with Crippen molar-refractivity contribution in [2.45, 2.75) is 102 Å². The lowest BCUT2D eigenvalue weighted by atomic mass is 9.80. The highest BCUT2D eigenvalue weighted by Crippen LogP contribution is 2.47. The fraction of sp³-hybridized carbons (Fsp3) is 0.655. The molecule has 3 heterocycles. The smallest absolute Gasteiger partial charge is 0.332 e.